The second kappa shape index (κ2) is 6.83. The summed E-state index contributed by atoms with van der Waals surface area (Å²) in [5, 5.41) is 7.27. The molecule has 1 aromatic carbocycles. The van der Waals surface area contributed by atoms with Gasteiger partial charge in [-0.25, -0.2) is 4.79 Å². The largest absolute Gasteiger partial charge is 0.465 e. The first kappa shape index (κ1) is 17.0. The van der Waals surface area contributed by atoms with Crippen LogP contribution in [0.2, 0.25) is 5.02 Å². The number of aryl methyl sites for hydroxylation is 1. The average molecular weight is 336 g/mol. The molecule has 6 nitrogen and oxygen atoms in total. The highest BCUT2D eigenvalue weighted by Gasteiger charge is 2.16. The van der Waals surface area contributed by atoms with Gasteiger partial charge in [0.1, 0.15) is 0 Å². The number of rotatable bonds is 4. The Morgan fingerprint density at radius 1 is 1.30 bits per heavy atom. The Kier molecular flexibility index (Phi) is 5.05. The third kappa shape index (κ3) is 3.71. The van der Waals surface area contributed by atoms with Gasteiger partial charge in [-0.1, -0.05) is 11.6 Å². The number of benzene rings is 1. The van der Waals surface area contributed by atoms with Crippen molar-refractivity contribution in [2.24, 2.45) is 0 Å². The summed E-state index contributed by atoms with van der Waals surface area (Å²) in [7, 11) is 1.29. The summed E-state index contributed by atoms with van der Waals surface area (Å²) in [5.41, 5.74) is 1.81. The number of esters is 1. The maximum atomic E-state index is 12.3. The van der Waals surface area contributed by atoms with Gasteiger partial charge in [-0.05, 0) is 45.0 Å². The molecule has 2 rings (SSSR count). The number of hydrogen-bond donors (Lipinski definition) is 1. The normalized spacial score (nSPS) is 10.7. The molecule has 0 saturated heterocycles. The van der Waals surface area contributed by atoms with Crippen LogP contribution < -0.4 is 5.32 Å². The number of anilines is 1. The van der Waals surface area contributed by atoms with Crippen molar-refractivity contribution in [3.63, 3.8) is 0 Å². The average Bonchev–Trinajstić information content (AvgIpc) is 2.91. The van der Waals surface area contributed by atoms with E-state index < -0.39 is 11.9 Å². The Labute approximate surface area is 139 Å². The van der Waals surface area contributed by atoms with Crippen LogP contribution in [-0.2, 0) is 4.74 Å². The number of ether oxygens (including phenoxy) is 1. The van der Waals surface area contributed by atoms with E-state index in [0.717, 1.165) is 5.69 Å². The molecule has 1 amide bonds. The van der Waals surface area contributed by atoms with Gasteiger partial charge in [-0.2, -0.15) is 5.10 Å². The minimum Gasteiger partial charge on any atom is -0.465 e. The van der Waals surface area contributed by atoms with Gasteiger partial charge in [0.2, 0.25) is 0 Å². The zero-order chi connectivity index (χ0) is 17.1. The molecular formula is C16H18ClN3O3. The van der Waals surface area contributed by atoms with Gasteiger partial charge >= 0.3 is 5.97 Å². The van der Waals surface area contributed by atoms with E-state index in [4.69, 9.17) is 11.6 Å². The minimum absolute atomic E-state index is 0.155. The molecule has 0 atom stereocenters. The Hall–Kier alpha value is -2.34. The van der Waals surface area contributed by atoms with Crippen molar-refractivity contribution in [3.8, 4) is 0 Å². The Morgan fingerprint density at radius 3 is 2.57 bits per heavy atom. The lowest BCUT2D eigenvalue weighted by atomic mass is 10.2. The second-order valence-electron chi connectivity index (χ2n) is 5.35. The molecule has 0 aliphatic rings. The molecular weight excluding hydrogens is 318 g/mol. The van der Waals surface area contributed by atoms with Gasteiger partial charge in [0.15, 0.2) is 5.69 Å². The lowest BCUT2D eigenvalue weighted by molar-refractivity contribution is 0.0600. The fraction of sp³-hybridized carbons (Fsp3) is 0.312. The van der Waals surface area contributed by atoms with Gasteiger partial charge in [-0.3, -0.25) is 9.48 Å². The number of methoxy groups -OCH3 is 1. The number of carbonyl (C=O) groups is 2. The molecule has 23 heavy (non-hydrogen) atoms. The minimum atomic E-state index is -0.503. The third-order valence-corrected chi connectivity index (χ3v) is 3.61. The van der Waals surface area contributed by atoms with Gasteiger partial charge < -0.3 is 10.1 Å². The van der Waals surface area contributed by atoms with E-state index in [-0.39, 0.29) is 11.7 Å². The molecule has 2 aromatic rings. The Bertz CT molecular complexity index is 753. The fourth-order valence-corrected chi connectivity index (χ4v) is 2.34. The van der Waals surface area contributed by atoms with Crippen LogP contribution in [0.15, 0.2) is 24.3 Å². The molecule has 1 N–H and O–H groups in total. The van der Waals surface area contributed by atoms with Crippen LogP contribution in [0, 0.1) is 6.92 Å². The van der Waals surface area contributed by atoms with Crippen molar-refractivity contribution >= 4 is 29.2 Å². The SMILES string of the molecule is COC(=O)c1ccc(Cl)c(NC(=O)c2cc(C)n(C(C)C)n2)c1. The lowest BCUT2D eigenvalue weighted by Gasteiger charge is -2.08. The summed E-state index contributed by atoms with van der Waals surface area (Å²) in [5.74, 6) is -0.895. The van der Waals surface area contributed by atoms with Gasteiger partial charge in [0, 0.05) is 11.7 Å². The van der Waals surface area contributed by atoms with Crippen LogP contribution in [0.25, 0.3) is 0 Å². The summed E-state index contributed by atoms with van der Waals surface area (Å²) < 4.78 is 6.42. The predicted molar refractivity (Wildman–Crippen MR) is 88.1 cm³/mol. The van der Waals surface area contributed by atoms with Crippen molar-refractivity contribution < 1.29 is 14.3 Å². The summed E-state index contributed by atoms with van der Waals surface area (Å²) >= 11 is 6.07. The van der Waals surface area contributed by atoms with Gasteiger partial charge in [0.05, 0.1) is 23.4 Å². The predicted octanol–water partition coefficient (Wildman–Crippen LogP) is 3.46. The summed E-state index contributed by atoms with van der Waals surface area (Å²) in [6.45, 7) is 5.85. The molecule has 122 valence electrons. The number of nitrogens with one attached hydrogen (secondary N) is 1. The Morgan fingerprint density at radius 2 is 2.00 bits per heavy atom. The maximum absolute atomic E-state index is 12.3. The molecule has 1 heterocycles. The van der Waals surface area contributed by atoms with Gasteiger partial charge in [0.25, 0.3) is 5.91 Å². The van der Waals surface area contributed by atoms with Crippen LogP contribution >= 0.6 is 11.6 Å². The quantitative estimate of drug-likeness (QED) is 0.868. The number of carbonyl (C=O) groups excluding carboxylic acids is 2. The standard InChI is InChI=1S/C16H18ClN3O3/c1-9(2)20-10(3)7-14(19-20)15(21)18-13-8-11(16(22)23-4)5-6-12(13)17/h5-9H,1-4H3,(H,18,21). The monoisotopic (exact) mass is 335 g/mol. The van der Waals surface area contributed by atoms with E-state index in [1.807, 2.05) is 20.8 Å². The third-order valence-electron chi connectivity index (χ3n) is 3.28. The first-order valence-electron chi connectivity index (χ1n) is 7.09. The first-order chi connectivity index (χ1) is 10.8. The van der Waals surface area contributed by atoms with Crippen molar-refractivity contribution in [1.82, 2.24) is 9.78 Å². The van der Waals surface area contributed by atoms with Crippen molar-refractivity contribution in [1.29, 1.82) is 0 Å². The van der Waals surface area contributed by atoms with E-state index in [2.05, 4.69) is 15.2 Å². The summed E-state index contributed by atoms with van der Waals surface area (Å²) in [6, 6.07) is 6.39. The lowest BCUT2D eigenvalue weighted by Crippen LogP contribution is -2.15. The highest BCUT2D eigenvalue weighted by Crippen LogP contribution is 2.24. The maximum Gasteiger partial charge on any atom is 0.337 e. The fourth-order valence-electron chi connectivity index (χ4n) is 2.17. The molecule has 1 aromatic heterocycles. The summed E-state index contributed by atoms with van der Waals surface area (Å²) in [4.78, 5) is 23.9. The van der Waals surface area contributed by atoms with E-state index in [9.17, 15) is 9.59 Å². The van der Waals surface area contributed by atoms with Crippen molar-refractivity contribution in [2.75, 3.05) is 12.4 Å². The van der Waals surface area contributed by atoms with E-state index >= 15 is 0 Å². The van der Waals surface area contributed by atoms with Gasteiger partial charge in [-0.15, -0.1) is 0 Å². The topological polar surface area (TPSA) is 73.2 Å². The number of halogens is 1. The molecule has 0 bridgehead atoms. The molecule has 7 heteroatoms. The van der Waals surface area contributed by atoms with E-state index in [0.29, 0.717) is 16.3 Å². The van der Waals surface area contributed by atoms with Crippen molar-refractivity contribution in [2.45, 2.75) is 26.8 Å². The number of amides is 1. The summed E-state index contributed by atoms with van der Waals surface area (Å²) in [6.07, 6.45) is 0. The highest BCUT2D eigenvalue weighted by molar-refractivity contribution is 6.34. The van der Waals surface area contributed by atoms with Crippen LogP contribution in [0.4, 0.5) is 5.69 Å². The Balaban J connectivity index is 2.26. The van der Waals surface area contributed by atoms with E-state index in [1.54, 1.807) is 10.7 Å². The molecule has 0 radical (unpaired) electrons. The zero-order valence-corrected chi connectivity index (χ0v) is 14.1. The smallest absolute Gasteiger partial charge is 0.337 e. The van der Waals surface area contributed by atoms with E-state index in [1.165, 1.54) is 25.3 Å². The molecule has 0 aliphatic heterocycles. The van der Waals surface area contributed by atoms with Crippen LogP contribution in [-0.4, -0.2) is 28.8 Å². The molecule has 0 fully saturated rings. The molecule has 0 unspecified atom stereocenters. The highest BCUT2D eigenvalue weighted by atomic mass is 35.5. The van der Waals surface area contributed by atoms with Crippen LogP contribution in [0.1, 0.15) is 46.4 Å². The molecule has 0 saturated carbocycles. The van der Waals surface area contributed by atoms with Crippen LogP contribution in [0.5, 0.6) is 0 Å². The number of aromatic nitrogens is 2. The number of nitrogens with zero attached hydrogens (tertiary/aromatic N) is 2. The van der Waals surface area contributed by atoms with Crippen LogP contribution in [0.3, 0.4) is 0 Å². The second-order valence-corrected chi connectivity index (χ2v) is 5.76. The molecule has 0 aliphatic carbocycles. The molecule has 0 spiro atoms. The van der Waals surface area contributed by atoms with Crippen molar-refractivity contribution in [3.05, 3.63) is 46.2 Å². The first-order valence-corrected chi connectivity index (χ1v) is 7.46. The number of hydrogen-bond acceptors (Lipinski definition) is 4. The zero-order valence-electron chi connectivity index (χ0n) is 13.4.